The van der Waals surface area contributed by atoms with Crippen molar-refractivity contribution >= 4 is 11.9 Å². The fraction of sp³-hybridized carbons (Fsp3) is 0.267. The van der Waals surface area contributed by atoms with Crippen molar-refractivity contribution in [1.29, 1.82) is 0 Å². The third-order valence-electron chi connectivity index (χ3n) is 3.07. The van der Waals surface area contributed by atoms with E-state index in [9.17, 15) is 4.79 Å². The third-order valence-corrected chi connectivity index (χ3v) is 3.07. The van der Waals surface area contributed by atoms with E-state index < -0.39 is 0 Å². The van der Waals surface area contributed by atoms with Gasteiger partial charge in [-0.05, 0) is 26.3 Å². The predicted molar refractivity (Wildman–Crippen MR) is 79.4 cm³/mol. The number of nitrogens with zero attached hydrogens (tertiary/aromatic N) is 2. The lowest BCUT2D eigenvalue weighted by Gasteiger charge is -2.13. The second kappa shape index (κ2) is 5.69. The van der Waals surface area contributed by atoms with Crippen molar-refractivity contribution in [3.63, 3.8) is 0 Å². The minimum absolute atomic E-state index is 0.175. The summed E-state index contributed by atoms with van der Waals surface area (Å²) in [7, 11) is 0. The van der Waals surface area contributed by atoms with Crippen LogP contribution in [0.4, 0.5) is 5.95 Å². The van der Waals surface area contributed by atoms with Gasteiger partial charge in [0.2, 0.25) is 5.95 Å². The van der Waals surface area contributed by atoms with Gasteiger partial charge in [0.25, 0.3) is 5.91 Å². The quantitative estimate of drug-likeness (QED) is 0.895. The van der Waals surface area contributed by atoms with E-state index in [0.29, 0.717) is 23.5 Å². The molecular weight excluding hydrogens is 252 g/mol. The Kier molecular flexibility index (Phi) is 3.98. The molecule has 0 spiro atoms. The molecule has 0 fully saturated rings. The molecule has 2 aromatic rings. The summed E-state index contributed by atoms with van der Waals surface area (Å²) in [5, 5.41) is 2.79. The molecule has 104 valence electrons. The molecule has 0 aliphatic rings. The molecule has 0 aliphatic carbocycles. The molecule has 0 atom stereocenters. The molecule has 0 saturated carbocycles. The summed E-state index contributed by atoms with van der Waals surface area (Å²) in [6, 6.07) is 7.77. The van der Waals surface area contributed by atoms with Crippen LogP contribution >= 0.6 is 0 Å². The second-order valence-electron chi connectivity index (χ2n) is 4.57. The molecular formula is C15H18N4O. The Morgan fingerprint density at radius 2 is 1.95 bits per heavy atom. The van der Waals surface area contributed by atoms with Crippen LogP contribution in [0.15, 0.2) is 24.3 Å². The van der Waals surface area contributed by atoms with Gasteiger partial charge in [0.1, 0.15) is 0 Å². The second-order valence-corrected chi connectivity index (χ2v) is 4.57. The van der Waals surface area contributed by atoms with E-state index in [4.69, 9.17) is 5.73 Å². The van der Waals surface area contributed by atoms with Gasteiger partial charge >= 0.3 is 0 Å². The van der Waals surface area contributed by atoms with Gasteiger partial charge < -0.3 is 11.1 Å². The van der Waals surface area contributed by atoms with Crippen LogP contribution in [0.25, 0.3) is 11.3 Å². The Bertz CT molecular complexity index is 652. The van der Waals surface area contributed by atoms with Gasteiger partial charge in [0, 0.05) is 12.1 Å². The molecule has 0 unspecified atom stereocenters. The highest BCUT2D eigenvalue weighted by molar-refractivity contribution is 6.01. The Morgan fingerprint density at radius 3 is 2.60 bits per heavy atom. The highest BCUT2D eigenvalue weighted by Crippen LogP contribution is 2.27. The van der Waals surface area contributed by atoms with Crippen molar-refractivity contribution in [3.05, 3.63) is 41.1 Å². The van der Waals surface area contributed by atoms with Crippen molar-refractivity contribution < 1.29 is 4.79 Å². The summed E-state index contributed by atoms with van der Waals surface area (Å²) >= 11 is 0. The van der Waals surface area contributed by atoms with Gasteiger partial charge in [-0.3, -0.25) is 4.79 Å². The summed E-state index contributed by atoms with van der Waals surface area (Å²) in [4.78, 5) is 20.6. The Morgan fingerprint density at radius 1 is 1.25 bits per heavy atom. The number of hydrogen-bond donors (Lipinski definition) is 2. The summed E-state index contributed by atoms with van der Waals surface area (Å²) in [5.74, 6) is -0.00273. The van der Waals surface area contributed by atoms with Crippen LogP contribution in [-0.4, -0.2) is 22.4 Å². The summed E-state index contributed by atoms with van der Waals surface area (Å²) in [6.07, 6.45) is 0. The summed E-state index contributed by atoms with van der Waals surface area (Å²) in [6.45, 7) is 6.17. The number of benzene rings is 1. The molecule has 2 rings (SSSR count). The van der Waals surface area contributed by atoms with Gasteiger partial charge in [0.05, 0.1) is 17.0 Å². The molecule has 1 aromatic heterocycles. The Hall–Kier alpha value is -2.43. The Balaban J connectivity index is 2.68. The molecule has 5 nitrogen and oxygen atoms in total. The highest BCUT2D eigenvalue weighted by atomic mass is 16.1. The Labute approximate surface area is 118 Å². The first-order valence-electron chi connectivity index (χ1n) is 6.53. The SMILES string of the molecule is CCNC(=O)c1c(C)nc(N)nc1-c1ccccc1C. The first kappa shape index (κ1) is 14.0. The van der Waals surface area contributed by atoms with Crippen molar-refractivity contribution in [1.82, 2.24) is 15.3 Å². The number of carbonyl (C=O) groups excluding carboxylic acids is 1. The average molecular weight is 270 g/mol. The normalized spacial score (nSPS) is 10.3. The van der Waals surface area contributed by atoms with Crippen molar-refractivity contribution in [3.8, 4) is 11.3 Å². The zero-order chi connectivity index (χ0) is 14.7. The molecule has 5 heteroatoms. The maximum Gasteiger partial charge on any atom is 0.255 e. The van der Waals surface area contributed by atoms with Gasteiger partial charge in [-0.15, -0.1) is 0 Å². The summed E-state index contributed by atoms with van der Waals surface area (Å²) < 4.78 is 0. The van der Waals surface area contributed by atoms with E-state index in [2.05, 4.69) is 15.3 Å². The fourth-order valence-electron chi connectivity index (χ4n) is 2.15. The molecule has 0 bridgehead atoms. The van der Waals surface area contributed by atoms with Crippen LogP contribution in [0.1, 0.15) is 28.5 Å². The summed E-state index contributed by atoms with van der Waals surface area (Å²) in [5.41, 5.74) is 9.32. The lowest BCUT2D eigenvalue weighted by Crippen LogP contribution is -2.25. The molecule has 0 radical (unpaired) electrons. The molecule has 1 heterocycles. The topological polar surface area (TPSA) is 80.9 Å². The number of aromatic nitrogens is 2. The average Bonchev–Trinajstić information content (AvgIpc) is 2.38. The van der Waals surface area contributed by atoms with Crippen molar-refractivity contribution in [2.24, 2.45) is 0 Å². The van der Waals surface area contributed by atoms with E-state index in [0.717, 1.165) is 11.1 Å². The number of rotatable bonds is 3. The number of anilines is 1. The van der Waals surface area contributed by atoms with E-state index >= 15 is 0 Å². The minimum atomic E-state index is -0.178. The lowest BCUT2D eigenvalue weighted by molar-refractivity contribution is 0.0955. The van der Waals surface area contributed by atoms with Crippen LogP contribution < -0.4 is 11.1 Å². The molecule has 20 heavy (non-hydrogen) atoms. The molecule has 3 N–H and O–H groups in total. The monoisotopic (exact) mass is 270 g/mol. The van der Waals surface area contributed by atoms with E-state index in [1.807, 2.05) is 38.1 Å². The van der Waals surface area contributed by atoms with Gasteiger partial charge in [-0.1, -0.05) is 24.3 Å². The van der Waals surface area contributed by atoms with Crippen molar-refractivity contribution in [2.75, 3.05) is 12.3 Å². The standard InChI is InChI=1S/C15H18N4O/c1-4-17-14(20)12-10(3)18-15(16)19-13(12)11-8-6-5-7-9(11)2/h5-8H,4H2,1-3H3,(H,17,20)(H2,16,18,19). The minimum Gasteiger partial charge on any atom is -0.368 e. The third kappa shape index (κ3) is 2.61. The highest BCUT2D eigenvalue weighted by Gasteiger charge is 2.19. The number of nitrogens with two attached hydrogens (primary N) is 1. The largest absolute Gasteiger partial charge is 0.368 e. The van der Waals surface area contributed by atoms with Crippen LogP contribution in [0, 0.1) is 13.8 Å². The van der Waals surface area contributed by atoms with Crippen molar-refractivity contribution in [2.45, 2.75) is 20.8 Å². The maximum absolute atomic E-state index is 12.3. The smallest absolute Gasteiger partial charge is 0.255 e. The van der Waals surface area contributed by atoms with Crippen LogP contribution in [0.2, 0.25) is 0 Å². The van der Waals surface area contributed by atoms with Crippen LogP contribution in [0.3, 0.4) is 0 Å². The number of amides is 1. The molecule has 0 aliphatic heterocycles. The van der Waals surface area contributed by atoms with Gasteiger partial charge in [-0.2, -0.15) is 0 Å². The number of hydrogen-bond acceptors (Lipinski definition) is 4. The molecule has 0 saturated heterocycles. The van der Waals surface area contributed by atoms with Crippen LogP contribution in [-0.2, 0) is 0 Å². The lowest BCUT2D eigenvalue weighted by atomic mass is 10.00. The number of nitrogen functional groups attached to an aromatic ring is 1. The first-order valence-corrected chi connectivity index (χ1v) is 6.53. The van der Waals surface area contributed by atoms with E-state index in [1.54, 1.807) is 6.92 Å². The van der Waals surface area contributed by atoms with Gasteiger partial charge in [0.15, 0.2) is 0 Å². The molecule has 1 aromatic carbocycles. The first-order chi connectivity index (χ1) is 9.54. The van der Waals surface area contributed by atoms with E-state index in [1.165, 1.54) is 0 Å². The fourth-order valence-corrected chi connectivity index (χ4v) is 2.15. The zero-order valence-electron chi connectivity index (χ0n) is 11.9. The molecule has 1 amide bonds. The number of carbonyl (C=O) groups is 1. The maximum atomic E-state index is 12.3. The number of nitrogens with one attached hydrogen (secondary N) is 1. The predicted octanol–water partition coefficient (Wildman–Crippen LogP) is 2.09. The number of aryl methyl sites for hydroxylation is 2. The van der Waals surface area contributed by atoms with Gasteiger partial charge in [-0.25, -0.2) is 9.97 Å². The van der Waals surface area contributed by atoms with E-state index in [-0.39, 0.29) is 11.9 Å². The zero-order valence-corrected chi connectivity index (χ0v) is 11.9. The van der Waals surface area contributed by atoms with Crippen LogP contribution in [0.5, 0.6) is 0 Å².